The molecule has 1 aromatic carbocycles. The van der Waals surface area contributed by atoms with Crippen LogP contribution in [-0.4, -0.2) is 37.0 Å². The Morgan fingerprint density at radius 3 is 2.50 bits per heavy atom. The molecule has 2 fully saturated rings. The van der Waals surface area contributed by atoms with Crippen molar-refractivity contribution in [1.29, 1.82) is 0 Å². The van der Waals surface area contributed by atoms with E-state index in [4.69, 9.17) is 9.47 Å². The zero-order chi connectivity index (χ0) is 14.2. The molecule has 0 saturated carbocycles. The third-order valence-electron chi connectivity index (χ3n) is 3.81. The van der Waals surface area contributed by atoms with Crippen LogP contribution in [0.15, 0.2) is 22.7 Å². The lowest BCUT2D eigenvalue weighted by molar-refractivity contribution is -0.384. The second-order valence-corrected chi connectivity index (χ2v) is 5.90. The van der Waals surface area contributed by atoms with E-state index in [9.17, 15) is 10.1 Å². The highest BCUT2D eigenvalue weighted by Gasteiger charge is 2.40. The molecular formula is C13H15BrN2O4. The molecule has 2 heterocycles. The van der Waals surface area contributed by atoms with E-state index in [1.54, 1.807) is 12.1 Å². The van der Waals surface area contributed by atoms with Gasteiger partial charge in [-0.1, -0.05) is 15.9 Å². The quantitative estimate of drug-likeness (QED) is 0.610. The summed E-state index contributed by atoms with van der Waals surface area (Å²) >= 11 is 3.37. The minimum atomic E-state index is -0.461. The lowest BCUT2D eigenvalue weighted by Crippen LogP contribution is -2.45. The maximum atomic E-state index is 11.1. The number of nitro groups is 1. The highest BCUT2D eigenvalue weighted by Crippen LogP contribution is 2.37. The molecule has 3 rings (SSSR count). The Kier molecular flexibility index (Phi) is 3.66. The number of anilines is 1. The van der Waals surface area contributed by atoms with Gasteiger partial charge in [-0.2, -0.15) is 0 Å². The molecule has 1 aromatic rings. The Hall–Kier alpha value is -1.18. The molecule has 6 nitrogen and oxygen atoms in total. The molecule has 2 aliphatic heterocycles. The summed E-state index contributed by atoms with van der Waals surface area (Å²) in [4.78, 5) is 12.8. The van der Waals surface area contributed by atoms with Crippen molar-refractivity contribution in [3.05, 3.63) is 32.8 Å². The molecule has 0 aliphatic carbocycles. The van der Waals surface area contributed by atoms with Crippen LogP contribution in [0.25, 0.3) is 0 Å². The second kappa shape index (κ2) is 5.31. The van der Waals surface area contributed by atoms with Crippen LogP contribution in [0.1, 0.15) is 12.8 Å². The monoisotopic (exact) mass is 342 g/mol. The molecule has 0 amide bonds. The van der Waals surface area contributed by atoms with E-state index < -0.39 is 5.79 Å². The predicted octanol–water partition coefficient (Wildman–Crippen LogP) is 2.70. The van der Waals surface area contributed by atoms with E-state index in [2.05, 4.69) is 15.9 Å². The van der Waals surface area contributed by atoms with E-state index in [-0.39, 0.29) is 10.6 Å². The third kappa shape index (κ3) is 2.53. The number of rotatable bonds is 2. The summed E-state index contributed by atoms with van der Waals surface area (Å²) < 4.78 is 12.2. The van der Waals surface area contributed by atoms with Gasteiger partial charge in [0.2, 0.25) is 0 Å². The van der Waals surface area contributed by atoms with Gasteiger partial charge in [0.25, 0.3) is 5.69 Å². The minimum absolute atomic E-state index is 0.136. The molecule has 108 valence electrons. The second-order valence-electron chi connectivity index (χ2n) is 4.98. The third-order valence-corrected chi connectivity index (χ3v) is 4.31. The van der Waals surface area contributed by atoms with Crippen molar-refractivity contribution in [2.75, 3.05) is 31.2 Å². The van der Waals surface area contributed by atoms with Gasteiger partial charge in [0.1, 0.15) is 5.69 Å². The first-order valence-corrected chi connectivity index (χ1v) is 7.36. The van der Waals surface area contributed by atoms with Crippen LogP contribution in [0.4, 0.5) is 11.4 Å². The molecule has 0 bridgehead atoms. The number of hydrogen-bond acceptors (Lipinski definition) is 5. The van der Waals surface area contributed by atoms with Gasteiger partial charge in [0.15, 0.2) is 5.79 Å². The number of halogens is 1. The SMILES string of the molecule is O=[N+]([O-])c1ccc(Br)cc1N1CCC2(CC1)OCCO2. The van der Waals surface area contributed by atoms with Gasteiger partial charge in [-0.15, -0.1) is 0 Å². The van der Waals surface area contributed by atoms with Crippen molar-refractivity contribution in [2.45, 2.75) is 18.6 Å². The van der Waals surface area contributed by atoms with Gasteiger partial charge in [0.05, 0.1) is 18.1 Å². The van der Waals surface area contributed by atoms with Crippen LogP contribution in [0.2, 0.25) is 0 Å². The van der Waals surface area contributed by atoms with Crippen molar-refractivity contribution >= 4 is 27.3 Å². The first-order chi connectivity index (χ1) is 9.60. The Bertz CT molecular complexity index is 521. The molecule has 0 radical (unpaired) electrons. The fraction of sp³-hybridized carbons (Fsp3) is 0.538. The van der Waals surface area contributed by atoms with E-state index in [1.165, 1.54) is 6.07 Å². The number of nitrogens with zero attached hydrogens (tertiary/aromatic N) is 2. The zero-order valence-corrected chi connectivity index (χ0v) is 12.5. The van der Waals surface area contributed by atoms with Crippen LogP contribution >= 0.6 is 15.9 Å². The van der Waals surface area contributed by atoms with Crippen molar-refractivity contribution in [2.24, 2.45) is 0 Å². The van der Waals surface area contributed by atoms with Crippen LogP contribution in [0.3, 0.4) is 0 Å². The molecule has 2 saturated heterocycles. The fourth-order valence-electron chi connectivity index (χ4n) is 2.78. The van der Waals surface area contributed by atoms with Crippen molar-refractivity contribution < 1.29 is 14.4 Å². The van der Waals surface area contributed by atoms with Crippen molar-refractivity contribution in [3.63, 3.8) is 0 Å². The lowest BCUT2D eigenvalue weighted by atomic mass is 10.0. The first kappa shape index (κ1) is 13.8. The Labute approximate surface area is 124 Å². The zero-order valence-electron chi connectivity index (χ0n) is 10.9. The molecule has 0 unspecified atom stereocenters. The summed E-state index contributed by atoms with van der Waals surface area (Å²) in [5.41, 5.74) is 0.787. The number of nitro benzene ring substituents is 1. The highest BCUT2D eigenvalue weighted by molar-refractivity contribution is 9.10. The van der Waals surface area contributed by atoms with Gasteiger partial charge < -0.3 is 14.4 Å². The van der Waals surface area contributed by atoms with Crippen LogP contribution in [-0.2, 0) is 9.47 Å². The van der Waals surface area contributed by atoms with Gasteiger partial charge in [-0.3, -0.25) is 10.1 Å². The summed E-state index contributed by atoms with van der Waals surface area (Å²) in [6, 6.07) is 5.02. The highest BCUT2D eigenvalue weighted by atomic mass is 79.9. The Morgan fingerprint density at radius 1 is 1.25 bits per heavy atom. The van der Waals surface area contributed by atoms with Gasteiger partial charge >= 0.3 is 0 Å². The summed E-state index contributed by atoms with van der Waals surface area (Å²) in [6.07, 6.45) is 1.47. The van der Waals surface area contributed by atoms with Gasteiger partial charge in [-0.25, -0.2) is 0 Å². The fourth-order valence-corrected chi connectivity index (χ4v) is 3.13. The molecule has 2 aliphatic rings. The van der Waals surface area contributed by atoms with Gasteiger partial charge in [-0.05, 0) is 12.1 Å². The number of piperidine rings is 1. The summed E-state index contributed by atoms with van der Waals surface area (Å²) in [7, 11) is 0. The van der Waals surface area contributed by atoms with Crippen molar-refractivity contribution in [1.82, 2.24) is 0 Å². The molecule has 1 spiro atoms. The molecule has 7 heteroatoms. The van der Waals surface area contributed by atoms with Gasteiger partial charge in [0, 0.05) is 36.5 Å². The van der Waals surface area contributed by atoms with E-state index in [0.29, 0.717) is 32.0 Å². The number of ether oxygens (including phenoxy) is 2. The van der Waals surface area contributed by atoms with E-state index in [1.807, 2.05) is 4.90 Å². The topological polar surface area (TPSA) is 64.8 Å². The van der Waals surface area contributed by atoms with E-state index in [0.717, 1.165) is 17.3 Å². The molecule has 0 aromatic heterocycles. The summed E-state index contributed by atoms with van der Waals surface area (Å²) in [5.74, 6) is -0.461. The molecule has 20 heavy (non-hydrogen) atoms. The Morgan fingerprint density at radius 2 is 1.90 bits per heavy atom. The van der Waals surface area contributed by atoms with E-state index >= 15 is 0 Å². The Balaban J connectivity index is 1.80. The molecule has 0 N–H and O–H groups in total. The first-order valence-electron chi connectivity index (χ1n) is 6.56. The van der Waals surface area contributed by atoms with Crippen molar-refractivity contribution in [3.8, 4) is 0 Å². The number of hydrogen-bond donors (Lipinski definition) is 0. The maximum absolute atomic E-state index is 11.1. The smallest absolute Gasteiger partial charge is 0.292 e. The average molecular weight is 343 g/mol. The lowest BCUT2D eigenvalue weighted by Gasteiger charge is -2.38. The predicted molar refractivity (Wildman–Crippen MR) is 76.9 cm³/mol. The summed E-state index contributed by atoms with van der Waals surface area (Å²) in [5, 5.41) is 11.1. The average Bonchev–Trinajstić information content (AvgIpc) is 2.87. The van der Waals surface area contributed by atoms with Crippen LogP contribution in [0, 0.1) is 10.1 Å². The summed E-state index contributed by atoms with van der Waals surface area (Å²) in [6.45, 7) is 2.66. The van der Waals surface area contributed by atoms with Crippen LogP contribution in [0.5, 0.6) is 0 Å². The molecular weight excluding hydrogens is 328 g/mol. The number of benzene rings is 1. The normalized spacial score (nSPS) is 21.4. The standard InChI is InChI=1S/C13H15BrN2O4/c14-10-1-2-11(16(17)18)12(9-10)15-5-3-13(4-6-15)19-7-8-20-13/h1-2,9H,3-8H2. The van der Waals surface area contributed by atoms with Crippen LogP contribution < -0.4 is 4.90 Å². The molecule has 0 atom stereocenters. The maximum Gasteiger partial charge on any atom is 0.292 e. The largest absolute Gasteiger partial charge is 0.366 e. The minimum Gasteiger partial charge on any atom is -0.366 e.